The maximum absolute atomic E-state index is 9.10. The normalized spacial score (nSPS) is 16.8. The van der Waals surface area contributed by atoms with Crippen LogP contribution in [0.2, 0.25) is 0 Å². The second-order valence-electron chi connectivity index (χ2n) is 4.72. The molecule has 0 aromatic heterocycles. The van der Waals surface area contributed by atoms with Gasteiger partial charge >= 0.3 is 0 Å². The van der Waals surface area contributed by atoms with Gasteiger partial charge in [0.15, 0.2) is 0 Å². The van der Waals surface area contributed by atoms with Crippen LogP contribution in [0.5, 0.6) is 0 Å². The fraction of sp³-hybridized carbons (Fsp3) is 0.500. The first kappa shape index (κ1) is 12.1. The molecule has 1 aromatic rings. The molecule has 90 valence electrons. The number of nitriles is 1. The zero-order valence-corrected chi connectivity index (χ0v) is 10.6. The van der Waals surface area contributed by atoms with Crippen molar-refractivity contribution in [1.29, 1.82) is 5.26 Å². The summed E-state index contributed by atoms with van der Waals surface area (Å²) in [4.78, 5) is 2.43. The number of nitrogens with zero attached hydrogens (tertiary/aromatic N) is 2. The van der Waals surface area contributed by atoms with Gasteiger partial charge in [0, 0.05) is 32.7 Å². The smallest absolute Gasteiger partial charge is 0.0994 e. The fourth-order valence-electron chi connectivity index (χ4n) is 2.27. The Morgan fingerprint density at radius 1 is 1.29 bits per heavy atom. The molecule has 3 nitrogen and oxygen atoms in total. The third-order valence-electron chi connectivity index (χ3n) is 3.46. The third-order valence-corrected chi connectivity index (χ3v) is 3.46. The van der Waals surface area contributed by atoms with E-state index < -0.39 is 0 Å². The minimum absolute atomic E-state index is 0.815. The van der Waals surface area contributed by atoms with E-state index in [0.717, 1.165) is 43.9 Å². The van der Waals surface area contributed by atoms with Crippen molar-refractivity contribution in [3.63, 3.8) is 0 Å². The Balaban J connectivity index is 2.16. The standard InChI is InChI=1S/C14H19N3/c1-11-7-13(8-14(9-15)12(11)2)10-17-5-3-16-4-6-17/h7-8,16H,3-6,10H2,1-2H3. The van der Waals surface area contributed by atoms with Gasteiger partial charge in [-0.05, 0) is 36.6 Å². The van der Waals surface area contributed by atoms with Gasteiger partial charge in [0.2, 0.25) is 0 Å². The van der Waals surface area contributed by atoms with Crippen LogP contribution in [0.4, 0.5) is 0 Å². The van der Waals surface area contributed by atoms with E-state index in [1.54, 1.807) is 0 Å². The molecule has 0 atom stereocenters. The maximum atomic E-state index is 9.10. The molecule has 1 heterocycles. The highest BCUT2D eigenvalue weighted by Crippen LogP contribution is 2.17. The van der Waals surface area contributed by atoms with Crippen molar-refractivity contribution in [2.45, 2.75) is 20.4 Å². The first-order valence-electron chi connectivity index (χ1n) is 6.14. The molecule has 0 aliphatic carbocycles. The first-order chi connectivity index (χ1) is 8.20. The molecule has 1 fully saturated rings. The second kappa shape index (κ2) is 5.31. The Labute approximate surface area is 103 Å². The Bertz CT molecular complexity index is 440. The van der Waals surface area contributed by atoms with Gasteiger partial charge in [-0.25, -0.2) is 0 Å². The van der Waals surface area contributed by atoms with E-state index in [4.69, 9.17) is 5.26 Å². The van der Waals surface area contributed by atoms with Gasteiger partial charge < -0.3 is 5.32 Å². The van der Waals surface area contributed by atoms with Crippen molar-refractivity contribution in [3.05, 3.63) is 34.4 Å². The maximum Gasteiger partial charge on any atom is 0.0994 e. The van der Waals surface area contributed by atoms with E-state index in [1.165, 1.54) is 11.1 Å². The van der Waals surface area contributed by atoms with Crippen molar-refractivity contribution in [3.8, 4) is 6.07 Å². The van der Waals surface area contributed by atoms with Crippen LogP contribution in [0.25, 0.3) is 0 Å². The van der Waals surface area contributed by atoms with E-state index in [-0.39, 0.29) is 0 Å². The SMILES string of the molecule is Cc1cc(CN2CCNCC2)cc(C#N)c1C. The highest BCUT2D eigenvalue weighted by atomic mass is 15.2. The molecule has 0 radical (unpaired) electrons. The number of hydrogen-bond donors (Lipinski definition) is 1. The van der Waals surface area contributed by atoms with Crippen LogP contribution in [-0.4, -0.2) is 31.1 Å². The van der Waals surface area contributed by atoms with Crippen molar-refractivity contribution in [2.75, 3.05) is 26.2 Å². The Hall–Kier alpha value is -1.37. The lowest BCUT2D eigenvalue weighted by atomic mass is 10.00. The predicted octanol–water partition coefficient (Wildman–Crippen LogP) is 1.58. The summed E-state index contributed by atoms with van der Waals surface area (Å²) in [5.74, 6) is 0. The van der Waals surface area contributed by atoms with Crippen LogP contribution in [0.1, 0.15) is 22.3 Å². The summed E-state index contributed by atoms with van der Waals surface area (Å²) in [5.41, 5.74) is 4.40. The number of aryl methyl sites for hydroxylation is 1. The van der Waals surface area contributed by atoms with E-state index in [9.17, 15) is 0 Å². The molecule has 0 spiro atoms. The van der Waals surface area contributed by atoms with Crippen LogP contribution < -0.4 is 5.32 Å². The molecule has 2 rings (SSSR count). The summed E-state index contributed by atoms with van der Waals surface area (Å²) in [6, 6.07) is 6.52. The third kappa shape index (κ3) is 2.85. The average molecular weight is 229 g/mol. The quantitative estimate of drug-likeness (QED) is 0.837. The van der Waals surface area contributed by atoms with Gasteiger partial charge in [-0.3, -0.25) is 4.90 Å². The molecule has 3 heteroatoms. The van der Waals surface area contributed by atoms with Crippen molar-refractivity contribution in [2.24, 2.45) is 0 Å². The molecule has 17 heavy (non-hydrogen) atoms. The van der Waals surface area contributed by atoms with Crippen molar-refractivity contribution >= 4 is 0 Å². The average Bonchev–Trinajstić information content (AvgIpc) is 2.35. The molecule has 0 unspecified atom stereocenters. The summed E-state index contributed by atoms with van der Waals surface area (Å²) in [6.45, 7) is 9.37. The molecule has 0 saturated carbocycles. The van der Waals surface area contributed by atoms with E-state index in [2.05, 4.69) is 29.3 Å². The summed E-state index contributed by atoms with van der Waals surface area (Å²) >= 11 is 0. The van der Waals surface area contributed by atoms with Crippen LogP contribution in [-0.2, 0) is 6.54 Å². The minimum Gasteiger partial charge on any atom is -0.314 e. The molecule has 1 N–H and O–H groups in total. The van der Waals surface area contributed by atoms with Crippen molar-refractivity contribution in [1.82, 2.24) is 10.2 Å². The van der Waals surface area contributed by atoms with Crippen LogP contribution in [0.3, 0.4) is 0 Å². The highest BCUT2D eigenvalue weighted by Gasteiger charge is 2.11. The zero-order valence-electron chi connectivity index (χ0n) is 10.6. The van der Waals surface area contributed by atoms with Gasteiger partial charge in [-0.1, -0.05) is 6.07 Å². The predicted molar refractivity (Wildman–Crippen MR) is 68.8 cm³/mol. The monoisotopic (exact) mass is 229 g/mol. The molecule has 1 aromatic carbocycles. The second-order valence-corrected chi connectivity index (χ2v) is 4.72. The Morgan fingerprint density at radius 2 is 2.00 bits per heavy atom. The molecule has 1 saturated heterocycles. The van der Waals surface area contributed by atoms with Gasteiger partial charge in [0.1, 0.15) is 0 Å². The molecule has 0 amide bonds. The van der Waals surface area contributed by atoms with Gasteiger partial charge in [0.05, 0.1) is 11.6 Å². The largest absolute Gasteiger partial charge is 0.314 e. The summed E-state index contributed by atoms with van der Waals surface area (Å²) in [6.07, 6.45) is 0. The zero-order chi connectivity index (χ0) is 12.3. The lowest BCUT2D eigenvalue weighted by Crippen LogP contribution is -2.42. The summed E-state index contributed by atoms with van der Waals surface area (Å²) in [7, 11) is 0. The Morgan fingerprint density at radius 3 is 2.65 bits per heavy atom. The highest BCUT2D eigenvalue weighted by molar-refractivity contribution is 5.44. The number of nitrogens with one attached hydrogen (secondary N) is 1. The molecular weight excluding hydrogens is 210 g/mol. The molecule has 1 aliphatic heterocycles. The first-order valence-corrected chi connectivity index (χ1v) is 6.14. The number of piperazine rings is 1. The van der Waals surface area contributed by atoms with E-state index in [1.807, 2.05) is 13.0 Å². The van der Waals surface area contributed by atoms with Crippen molar-refractivity contribution < 1.29 is 0 Å². The number of benzene rings is 1. The van der Waals surface area contributed by atoms with Crippen LogP contribution in [0.15, 0.2) is 12.1 Å². The number of hydrogen-bond acceptors (Lipinski definition) is 3. The van der Waals surface area contributed by atoms with Crippen LogP contribution >= 0.6 is 0 Å². The van der Waals surface area contributed by atoms with E-state index >= 15 is 0 Å². The lowest BCUT2D eigenvalue weighted by molar-refractivity contribution is 0.233. The fourth-order valence-corrected chi connectivity index (χ4v) is 2.27. The molecule has 1 aliphatic rings. The van der Waals surface area contributed by atoms with Gasteiger partial charge in [-0.2, -0.15) is 5.26 Å². The molecular formula is C14H19N3. The van der Waals surface area contributed by atoms with Crippen LogP contribution in [0, 0.1) is 25.2 Å². The summed E-state index contributed by atoms with van der Waals surface area (Å²) < 4.78 is 0. The van der Waals surface area contributed by atoms with E-state index in [0.29, 0.717) is 0 Å². The number of rotatable bonds is 2. The Kier molecular flexibility index (Phi) is 3.78. The summed E-state index contributed by atoms with van der Waals surface area (Å²) in [5, 5.41) is 12.4. The van der Waals surface area contributed by atoms with Gasteiger partial charge in [0.25, 0.3) is 0 Å². The van der Waals surface area contributed by atoms with Gasteiger partial charge in [-0.15, -0.1) is 0 Å². The lowest BCUT2D eigenvalue weighted by Gasteiger charge is -2.27. The molecule has 0 bridgehead atoms. The minimum atomic E-state index is 0.815. The topological polar surface area (TPSA) is 39.1 Å².